The van der Waals surface area contributed by atoms with Crippen molar-refractivity contribution in [3.63, 3.8) is 0 Å². The normalized spacial score (nSPS) is 28.1. The first-order chi connectivity index (χ1) is 10.5. The maximum Gasteiger partial charge on any atom is 0.313 e. The molecule has 0 spiro atoms. The topological polar surface area (TPSA) is 78.7 Å². The summed E-state index contributed by atoms with van der Waals surface area (Å²) in [4.78, 5) is 28.0. The van der Waals surface area contributed by atoms with Crippen LogP contribution in [-0.2, 0) is 23.2 Å². The second kappa shape index (κ2) is 5.24. The van der Waals surface area contributed by atoms with E-state index >= 15 is 0 Å². The summed E-state index contributed by atoms with van der Waals surface area (Å²) >= 11 is 0. The van der Waals surface area contributed by atoms with E-state index in [0.29, 0.717) is 26.2 Å². The molecule has 0 bridgehead atoms. The third-order valence-electron chi connectivity index (χ3n) is 4.64. The number of aliphatic carboxylic acids is 1. The molecular weight excluding hydrogens is 284 g/mol. The number of amides is 1. The second-order valence-electron chi connectivity index (χ2n) is 6.21. The van der Waals surface area contributed by atoms with Gasteiger partial charge < -0.3 is 10.0 Å². The highest BCUT2D eigenvalue weighted by Gasteiger charge is 2.61. The summed E-state index contributed by atoms with van der Waals surface area (Å²) in [5.41, 5.74) is 0.0286. The third-order valence-corrected chi connectivity index (χ3v) is 4.64. The number of nitrogens with zero attached hydrogens (tertiary/aromatic N) is 4. The number of hydrogen-bond acceptors (Lipinski definition) is 4. The lowest BCUT2D eigenvalue weighted by molar-refractivity contribution is -0.149. The van der Waals surface area contributed by atoms with Crippen LogP contribution in [0.2, 0.25) is 0 Å². The Morgan fingerprint density at radius 3 is 2.91 bits per heavy atom. The molecule has 0 aromatic carbocycles. The molecular formula is C15H20N4O3. The fourth-order valence-corrected chi connectivity index (χ4v) is 3.65. The molecule has 2 aliphatic heterocycles. The molecule has 1 amide bonds. The highest BCUT2D eigenvalue weighted by atomic mass is 16.4. The molecule has 1 aromatic rings. The van der Waals surface area contributed by atoms with Crippen LogP contribution in [0.1, 0.15) is 5.56 Å². The zero-order chi connectivity index (χ0) is 15.9. The molecule has 7 nitrogen and oxygen atoms in total. The zero-order valence-corrected chi connectivity index (χ0v) is 12.6. The summed E-state index contributed by atoms with van der Waals surface area (Å²) in [7, 11) is 1.84. The molecule has 7 heteroatoms. The van der Waals surface area contributed by atoms with E-state index in [0.717, 1.165) is 5.56 Å². The molecule has 3 rings (SSSR count). The van der Waals surface area contributed by atoms with Crippen molar-refractivity contribution in [1.82, 2.24) is 19.6 Å². The molecule has 2 saturated heterocycles. The number of hydrogen-bond donors (Lipinski definition) is 1. The van der Waals surface area contributed by atoms with Crippen molar-refractivity contribution in [3.05, 3.63) is 30.6 Å². The van der Waals surface area contributed by atoms with Gasteiger partial charge in [-0.05, 0) is 0 Å². The summed E-state index contributed by atoms with van der Waals surface area (Å²) in [5.74, 6) is -1.43. The van der Waals surface area contributed by atoms with Crippen LogP contribution in [-0.4, -0.2) is 62.7 Å². The number of likely N-dealkylation sites (tertiary alicyclic amines) is 2. The van der Waals surface area contributed by atoms with Crippen molar-refractivity contribution in [1.29, 1.82) is 0 Å². The van der Waals surface area contributed by atoms with E-state index < -0.39 is 17.3 Å². The monoisotopic (exact) mass is 304 g/mol. The van der Waals surface area contributed by atoms with Gasteiger partial charge in [-0.2, -0.15) is 5.10 Å². The Bertz CT molecular complexity index is 626. The van der Waals surface area contributed by atoms with Gasteiger partial charge in [0.2, 0.25) is 5.91 Å². The van der Waals surface area contributed by atoms with Gasteiger partial charge in [-0.15, -0.1) is 6.58 Å². The van der Waals surface area contributed by atoms with Crippen LogP contribution in [0, 0.1) is 11.3 Å². The minimum Gasteiger partial charge on any atom is -0.481 e. The molecule has 2 atom stereocenters. The Labute approximate surface area is 128 Å². The molecule has 1 N–H and O–H groups in total. The molecule has 1 aromatic heterocycles. The van der Waals surface area contributed by atoms with E-state index in [-0.39, 0.29) is 12.5 Å². The van der Waals surface area contributed by atoms with Gasteiger partial charge in [0.15, 0.2) is 0 Å². The van der Waals surface area contributed by atoms with Crippen molar-refractivity contribution < 1.29 is 14.7 Å². The fraction of sp³-hybridized carbons (Fsp3) is 0.533. The molecule has 0 saturated carbocycles. The van der Waals surface area contributed by atoms with E-state index in [1.165, 1.54) is 0 Å². The highest BCUT2D eigenvalue weighted by molar-refractivity contribution is 5.92. The average molecular weight is 304 g/mol. The third kappa shape index (κ3) is 2.21. The Morgan fingerprint density at radius 1 is 1.59 bits per heavy atom. The minimum absolute atomic E-state index is 0.0732. The van der Waals surface area contributed by atoms with E-state index in [2.05, 4.69) is 11.7 Å². The van der Waals surface area contributed by atoms with Crippen LogP contribution in [0.3, 0.4) is 0 Å². The van der Waals surface area contributed by atoms with Gasteiger partial charge in [0.05, 0.1) is 12.1 Å². The lowest BCUT2D eigenvalue weighted by Crippen LogP contribution is -2.40. The van der Waals surface area contributed by atoms with Crippen LogP contribution in [0.4, 0.5) is 0 Å². The van der Waals surface area contributed by atoms with Crippen molar-refractivity contribution in [3.8, 4) is 0 Å². The van der Waals surface area contributed by atoms with Gasteiger partial charge in [0.25, 0.3) is 0 Å². The van der Waals surface area contributed by atoms with Gasteiger partial charge in [-0.1, -0.05) is 6.08 Å². The Kier molecular flexibility index (Phi) is 3.52. The summed E-state index contributed by atoms with van der Waals surface area (Å²) in [6, 6.07) is 0. The Morgan fingerprint density at radius 2 is 2.36 bits per heavy atom. The molecule has 0 radical (unpaired) electrons. The largest absolute Gasteiger partial charge is 0.481 e. The lowest BCUT2D eigenvalue weighted by atomic mass is 9.81. The standard InChI is InChI=1S/C15H20N4O3/c1-3-4-19-10-15(14(21)22)9-18(8-12(15)13(19)20)7-11-5-16-17(2)6-11/h3,5-6,12H,1,4,7-10H2,2H3,(H,21,22)/t12-,15-/m0/s1. The van der Waals surface area contributed by atoms with E-state index in [9.17, 15) is 14.7 Å². The lowest BCUT2D eigenvalue weighted by Gasteiger charge is -2.24. The quantitative estimate of drug-likeness (QED) is 0.772. The minimum atomic E-state index is -0.998. The van der Waals surface area contributed by atoms with Crippen LogP contribution in [0.5, 0.6) is 0 Å². The number of fused-ring (bicyclic) bond motifs is 1. The first-order valence-corrected chi connectivity index (χ1v) is 7.29. The van der Waals surface area contributed by atoms with Crippen LogP contribution >= 0.6 is 0 Å². The van der Waals surface area contributed by atoms with Crippen molar-refractivity contribution in [2.45, 2.75) is 6.54 Å². The molecule has 3 heterocycles. The number of rotatable bonds is 5. The Balaban J connectivity index is 1.79. The summed E-state index contributed by atoms with van der Waals surface area (Å²) < 4.78 is 1.72. The first-order valence-electron chi connectivity index (χ1n) is 7.29. The van der Waals surface area contributed by atoms with E-state index in [4.69, 9.17) is 0 Å². The highest BCUT2D eigenvalue weighted by Crippen LogP contribution is 2.43. The fourth-order valence-electron chi connectivity index (χ4n) is 3.65. The van der Waals surface area contributed by atoms with Crippen LogP contribution in [0.25, 0.3) is 0 Å². The summed E-state index contributed by atoms with van der Waals surface area (Å²) in [6.07, 6.45) is 5.32. The molecule has 22 heavy (non-hydrogen) atoms. The van der Waals surface area contributed by atoms with Crippen LogP contribution in [0.15, 0.2) is 25.0 Å². The number of carbonyl (C=O) groups excluding carboxylic acids is 1. The van der Waals surface area contributed by atoms with E-state index in [1.807, 2.05) is 18.1 Å². The van der Waals surface area contributed by atoms with E-state index in [1.54, 1.807) is 21.9 Å². The molecule has 2 aliphatic rings. The van der Waals surface area contributed by atoms with Gasteiger partial charge in [-0.3, -0.25) is 19.2 Å². The smallest absolute Gasteiger partial charge is 0.313 e. The van der Waals surface area contributed by atoms with Crippen LogP contribution < -0.4 is 0 Å². The molecule has 0 unspecified atom stereocenters. The number of aromatic nitrogens is 2. The van der Waals surface area contributed by atoms with Gasteiger partial charge >= 0.3 is 5.97 Å². The SMILES string of the molecule is C=CCN1C[C@@]2(C(=O)O)CN(Cc3cnn(C)c3)C[C@H]2C1=O. The summed E-state index contributed by atoms with van der Waals surface area (Å²) in [6.45, 7) is 5.80. The van der Waals surface area contributed by atoms with Crippen molar-refractivity contribution in [2.75, 3.05) is 26.2 Å². The zero-order valence-electron chi connectivity index (χ0n) is 12.6. The number of carbonyl (C=O) groups is 2. The second-order valence-corrected chi connectivity index (χ2v) is 6.21. The predicted molar refractivity (Wildman–Crippen MR) is 78.8 cm³/mol. The maximum atomic E-state index is 12.5. The van der Waals surface area contributed by atoms with Gasteiger partial charge in [0.1, 0.15) is 5.41 Å². The summed E-state index contributed by atoms with van der Waals surface area (Å²) in [5, 5.41) is 13.8. The number of carboxylic acids is 1. The first kappa shape index (κ1) is 14.8. The molecule has 118 valence electrons. The van der Waals surface area contributed by atoms with Gasteiger partial charge in [0, 0.05) is 51.5 Å². The molecule has 2 fully saturated rings. The Hall–Kier alpha value is -2.15. The predicted octanol–water partition coefficient (Wildman–Crippen LogP) is -0.0489. The average Bonchev–Trinajstić information content (AvgIpc) is 3.08. The molecule has 0 aliphatic carbocycles. The van der Waals surface area contributed by atoms with Gasteiger partial charge in [-0.25, -0.2) is 0 Å². The number of aryl methyl sites for hydroxylation is 1. The number of carboxylic acid groups (broad SMARTS) is 1. The van der Waals surface area contributed by atoms with Crippen molar-refractivity contribution in [2.24, 2.45) is 18.4 Å². The van der Waals surface area contributed by atoms with Crippen molar-refractivity contribution >= 4 is 11.9 Å². The maximum absolute atomic E-state index is 12.5.